The number of para-hydroxylation sites is 1. The maximum Gasteiger partial charge on any atom is 0.234 e. The molecule has 1 N–H and O–H groups in total. The van der Waals surface area contributed by atoms with Crippen LogP contribution >= 0.6 is 35.1 Å². The summed E-state index contributed by atoms with van der Waals surface area (Å²) in [6.07, 6.45) is 0. The lowest BCUT2D eigenvalue weighted by molar-refractivity contribution is -0.113. The van der Waals surface area contributed by atoms with Gasteiger partial charge in [0.05, 0.1) is 24.3 Å². The van der Waals surface area contributed by atoms with Gasteiger partial charge in [-0.2, -0.15) is 0 Å². The van der Waals surface area contributed by atoms with Crippen LogP contribution in [0.25, 0.3) is 5.69 Å². The molecule has 0 bridgehead atoms. The summed E-state index contributed by atoms with van der Waals surface area (Å²) >= 11 is 9.09. The first-order valence-corrected chi connectivity index (χ1v) is 12.8. The molecular weight excluding hydrogens is 488 g/mol. The number of anilines is 1. The van der Waals surface area contributed by atoms with Crippen LogP contribution in [0.5, 0.6) is 5.75 Å². The quantitative estimate of drug-likeness (QED) is 0.268. The Balaban J connectivity index is 1.49. The van der Waals surface area contributed by atoms with E-state index in [1.165, 1.54) is 17.3 Å². The van der Waals surface area contributed by atoms with E-state index >= 15 is 0 Å². The van der Waals surface area contributed by atoms with Gasteiger partial charge in [-0.3, -0.25) is 9.36 Å². The molecule has 4 rings (SSSR count). The van der Waals surface area contributed by atoms with Crippen molar-refractivity contribution in [3.63, 3.8) is 0 Å². The fourth-order valence-electron chi connectivity index (χ4n) is 3.20. The Bertz CT molecular complexity index is 1260. The van der Waals surface area contributed by atoms with E-state index in [1.807, 2.05) is 34.9 Å². The topological polar surface area (TPSA) is 69.0 Å². The van der Waals surface area contributed by atoms with E-state index in [0.29, 0.717) is 27.4 Å². The summed E-state index contributed by atoms with van der Waals surface area (Å²) in [6.45, 7) is 2.07. The molecule has 0 aliphatic rings. The largest absolute Gasteiger partial charge is 0.495 e. The highest BCUT2D eigenvalue weighted by Crippen LogP contribution is 2.30. The zero-order chi connectivity index (χ0) is 23.9. The van der Waals surface area contributed by atoms with E-state index in [0.717, 1.165) is 16.4 Å². The molecule has 0 unspecified atom stereocenters. The van der Waals surface area contributed by atoms with Crippen molar-refractivity contribution in [2.24, 2.45) is 0 Å². The lowest BCUT2D eigenvalue weighted by Gasteiger charge is -2.12. The van der Waals surface area contributed by atoms with Crippen LogP contribution in [-0.2, 0) is 10.5 Å². The highest BCUT2D eigenvalue weighted by atomic mass is 35.5. The monoisotopic (exact) mass is 510 g/mol. The van der Waals surface area contributed by atoms with Gasteiger partial charge in [0.15, 0.2) is 5.16 Å². The minimum absolute atomic E-state index is 0.158. The van der Waals surface area contributed by atoms with Gasteiger partial charge in [-0.15, -0.1) is 22.0 Å². The van der Waals surface area contributed by atoms with Gasteiger partial charge in [-0.25, -0.2) is 0 Å². The number of thioether (sulfide) groups is 2. The zero-order valence-corrected chi connectivity index (χ0v) is 21.1. The minimum Gasteiger partial charge on any atom is -0.495 e. The molecule has 0 aliphatic heterocycles. The van der Waals surface area contributed by atoms with Crippen LogP contribution in [0.1, 0.15) is 11.4 Å². The molecule has 0 radical (unpaired) electrons. The Labute approximate surface area is 212 Å². The number of halogens is 1. The fourth-order valence-corrected chi connectivity index (χ4v) is 4.95. The van der Waals surface area contributed by atoms with Gasteiger partial charge in [0.1, 0.15) is 11.6 Å². The Morgan fingerprint density at radius 1 is 1.03 bits per heavy atom. The van der Waals surface area contributed by atoms with E-state index in [1.54, 1.807) is 37.1 Å². The highest BCUT2D eigenvalue weighted by molar-refractivity contribution is 7.99. The number of nitrogens with zero attached hydrogens (tertiary/aromatic N) is 3. The predicted octanol–water partition coefficient (Wildman–Crippen LogP) is 6.26. The number of ether oxygens (including phenoxy) is 1. The Kier molecular flexibility index (Phi) is 8.16. The first-order chi connectivity index (χ1) is 16.5. The number of methoxy groups -OCH3 is 1. The number of aryl methyl sites for hydroxylation is 1. The number of hydrogen-bond acceptors (Lipinski definition) is 6. The number of carbonyl (C=O) groups excluding carboxylic acids is 1. The molecule has 174 valence electrons. The smallest absolute Gasteiger partial charge is 0.234 e. The second-order valence-electron chi connectivity index (χ2n) is 7.35. The van der Waals surface area contributed by atoms with Gasteiger partial charge in [-0.05, 0) is 49.4 Å². The van der Waals surface area contributed by atoms with Crippen LogP contribution in [0, 0.1) is 6.92 Å². The number of nitrogens with one attached hydrogen (secondary N) is 1. The van der Waals surface area contributed by atoms with Crippen molar-refractivity contribution in [1.29, 1.82) is 0 Å². The van der Waals surface area contributed by atoms with Crippen molar-refractivity contribution in [3.8, 4) is 11.4 Å². The molecule has 0 saturated heterocycles. The van der Waals surface area contributed by atoms with E-state index < -0.39 is 0 Å². The van der Waals surface area contributed by atoms with Crippen LogP contribution in [0.15, 0.2) is 82.8 Å². The number of amides is 1. The summed E-state index contributed by atoms with van der Waals surface area (Å²) in [6, 6.07) is 23.4. The van der Waals surface area contributed by atoms with Gasteiger partial charge in [0.2, 0.25) is 5.91 Å². The van der Waals surface area contributed by atoms with Gasteiger partial charge in [0, 0.05) is 15.6 Å². The molecule has 1 aromatic heterocycles. The number of rotatable bonds is 9. The Morgan fingerprint density at radius 3 is 2.53 bits per heavy atom. The van der Waals surface area contributed by atoms with Crippen molar-refractivity contribution >= 4 is 46.7 Å². The van der Waals surface area contributed by atoms with E-state index in [-0.39, 0.29) is 11.7 Å². The van der Waals surface area contributed by atoms with Crippen LogP contribution in [0.4, 0.5) is 5.69 Å². The third-order valence-corrected chi connectivity index (χ3v) is 7.04. The molecule has 34 heavy (non-hydrogen) atoms. The van der Waals surface area contributed by atoms with E-state index in [4.69, 9.17) is 16.3 Å². The lowest BCUT2D eigenvalue weighted by atomic mass is 10.2. The molecule has 0 saturated carbocycles. The lowest BCUT2D eigenvalue weighted by Crippen LogP contribution is -2.15. The third-order valence-electron chi connectivity index (χ3n) is 4.87. The van der Waals surface area contributed by atoms with Gasteiger partial charge in [0.25, 0.3) is 0 Å². The summed E-state index contributed by atoms with van der Waals surface area (Å²) in [5.74, 6) is 1.98. The number of hydrogen-bond donors (Lipinski definition) is 1. The van der Waals surface area contributed by atoms with Gasteiger partial charge < -0.3 is 10.1 Å². The van der Waals surface area contributed by atoms with Crippen molar-refractivity contribution < 1.29 is 9.53 Å². The molecular formula is C25H23ClN4O2S2. The van der Waals surface area contributed by atoms with Crippen LogP contribution in [0.3, 0.4) is 0 Å². The first kappa shape index (κ1) is 24.2. The van der Waals surface area contributed by atoms with Gasteiger partial charge >= 0.3 is 0 Å². The second kappa shape index (κ2) is 11.5. The van der Waals surface area contributed by atoms with Crippen molar-refractivity contribution in [2.45, 2.75) is 22.7 Å². The van der Waals surface area contributed by atoms with Crippen LogP contribution in [0.2, 0.25) is 5.02 Å². The molecule has 9 heteroatoms. The zero-order valence-electron chi connectivity index (χ0n) is 18.7. The van der Waals surface area contributed by atoms with Crippen LogP contribution in [-0.4, -0.2) is 33.5 Å². The minimum atomic E-state index is -0.191. The van der Waals surface area contributed by atoms with Gasteiger partial charge in [-0.1, -0.05) is 59.3 Å². The maximum atomic E-state index is 12.7. The molecule has 4 aromatic rings. The molecule has 0 spiro atoms. The molecule has 1 amide bonds. The Morgan fingerprint density at radius 2 is 1.79 bits per heavy atom. The second-order valence-corrected chi connectivity index (χ2v) is 9.78. The van der Waals surface area contributed by atoms with E-state index in [2.05, 4.69) is 46.7 Å². The molecule has 1 heterocycles. The van der Waals surface area contributed by atoms with Crippen molar-refractivity contribution in [3.05, 3.63) is 89.2 Å². The highest BCUT2D eigenvalue weighted by Gasteiger charge is 2.17. The standard InChI is InChI=1S/C25H23ClN4O2S2/c1-17-8-11-20(12-9-17)33-15-23-28-29-25(30(23)19-6-4-3-5-7-19)34-16-24(31)27-21-14-18(26)10-13-22(21)32-2/h3-14H,15-16H2,1-2H3,(H,27,31). The van der Waals surface area contributed by atoms with Crippen LogP contribution < -0.4 is 10.1 Å². The van der Waals surface area contributed by atoms with Crippen molar-refractivity contribution in [1.82, 2.24) is 14.8 Å². The first-order valence-electron chi connectivity index (χ1n) is 10.5. The molecule has 0 aliphatic carbocycles. The van der Waals surface area contributed by atoms with Crippen molar-refractivity contribution in [2.75, 3.05) is 18.2 Å². The number of carbonyl (C=O) groups is 1. The average molecular weight is 511 g/mol. The SMILES string of the molecule is COc1ccc(Cl)cc1NC(=O)CSc1nnc(CSc2ccc(C)cc2)n1-c1ccccc1. The Hall–Kier alpha value is -2.94. The summed E-state index contributed by atoms with van der Waals surface area (Å²) in [7, 11) is 1.55. The normalized spacial score (nSPS) is 10.8. The maximum absolute atomic E-state index is 12.7. The fraction of sp³-hybridized carbons (Fsp3) is 0.160. The summed E-state index contributed by atoms with van der Waals surface area (Å²) in [5.41, 5.74) is 2.70. The summed E-state index contributed by atoms with van der Waals surface area (Å²) in [5, 5.41) is 12.8. The number of benzene rings is 3. The van der Waals surface area contributed by atoms with E-state index in [9.17, 15) is 4.79 Å². The molecule has 3 aromatic carbocycles. The third kappa shape index (κ3) is 6.14. The predicted molar refractivity (Wildman–Crippen MR) is 139 cm³/mol. The molecule has 0 atom stereocenters. The molecule has 6 nitrogen and oxygen atoms in total. The summed E-state index contributed by atoms with van der Waals surface area (Å²) in [4.78, 5) is 13.8. The average Bonchev–Trinajstić information content (AvgIpc) is 3.26. The summed E-state index contributed by atoms with van der Waals surface area (Å²) < 4.78 is 7.30. The number of aromatic nitrogens is 3. The molecule has 0 fully saturated rings.